The topological polar surface area (TPSA) is 40.5 Å². The summed E-state index contributed by atoms with van der Waals surface area (Å²) in [4.78, 5) is 0. The van der Waals surface area contributed by atoms with Crippen molar-refractivity contribution >= 4 is 0 Å². The van der Waals surface area contributed by atoms with E-state index in [9.17, 15) is 5.11 Å². The van der Waals surface area contributed by atoms with Crippen molar-refractivity contribution in [2.75, 3.05) is 6.61 Å². The van der Waals surface area contributed by atoms with Gasteiger partial charge in [0.1, 0.15) is 0 Å². The Hall–Kier alpha value is -0.340. The van der Waals surface area contributed by atoms with Crippen LogP contribution in [0.2, 0.25) is 0 Å². The van der Waals surface area contributed by atoms with Crippen LogP contribution in [0, 0.1) is 17.3 Å². The van der Waals surface area contributed by atoms with E-state index in [1.54, 1.807) is 0 Å². The summed E-state index contributed by atoms with van der Waals surface area (Å²) in [5, 5.41) is 18.7. The minimum Gasteiger partial charge on any atom is -0.392 e. The third kappa shape index (κ3) is 0.824. The molecular formula is C10H16O2. The molecule has 3 aliphatic rings. The molecule has 3 rings (SSSR count). The largest absolute Gasteiger partial charge is 0.392 e. The molecule has 12 heavy (non-hydrogen) atoms. The van der Waals surface area contributed by atoms with Crippen molar-refractivity contribution in [2.45, 2.75) is 26.4 Å². The predicted octanol–water partition coefficient (Wildman–Crippen LogP) is 0.942. The molecule has 1 saturated carbocycles. The molecule has 0 saturated heterocycles. The molecule has 2 bridgehead atoms. The highest BCUT2D eigenvalue weighted by atomic mass is 16.3. The Labute approximate surface area is 72.9 Å². The fourth-order valence-corrected chi connectivity index (χ4v) is 2.78. The molecule has 68 valence electrons. The lowest BCUT2D eigenvalue weighted by Crippen LogP contribution is -2.54. The van der Waals surface area contributed by atoms with Crippen LogP contribution in [0.15, 0.2) is 11.6 Å². The minimum absolute atomic E-state index is 0.109. The Morgan fingerprint density at radius 2 is 2.25 bits per heavy atom. The Balaban J connectivity index is 2.30. The highest BCUT2D eigenvalue weighted by Gasteiger charge is 2.54. The molecule has 0 radical (unpaired) electrons. The average Bonchev–Trinajstić information content (AvgIpc) is 2.02. The Bertz CT molecular complexity index is 230. The van der Waals surface area contributed by atoms with Crippen LogP contribution < -0.4 is 0 Å². The normalized spacial score (nSPS) is 43.3. The first-order chi connectivity index (χ1) is 5.57. The molecule has 3 atom stereocenters. The van der Waals surface area contributed by atoms with E-state index in [0.29, 0.717) is 11.8 Å². The van der Waals surface area contributed by atoms with Crippen molar-refractivity contribution < 1.29 is 10.2 Å². The first-order valence-corrected chi connectivity index (χ1v) is 4.57. The number of rotatable bonds is 1. The van der Waals surface area contributed by atoms with E-state index in [4.69, 9.17) is 5.11 Å². The monoisotopic (exact) mass is 168 g/mol. The van der Waals surface area contributed by atoms with E-state index < -0.39 is 0 Å². The SMILES string of the molecule is CC1(C)[C@@H]2C[C@H]1C(CO)=C[C@H]2O. The average molecular weight is 168 g/mol. The molecule has 0 aromatic rings. The van der Waals surface area contributed by atoms with Crippen molar-refractivity contribution in [3.05, 3.63) is 11.6 Å². The van der Waals surface area contributed by atoms with Crippen LogP contribution in [0.5, 0.6) is 0 Å². The van der Waals surface area contributed by atoms with Crippen LogP contribution in [0.1, 0.15) is 20.3 Å². The summed E-state index contributed by atoms with van der Waals surface area (Å²) in [6.07, 6.45) is 2.57. The second-order valence-electron chi connectivity index (χ2n) is 4.61. The lowest BCUT2D eigenvalue weighted by molar-refractivity contribution is -0.0802. The van der Waals surface area contributed by atoms with Crippen LogP contribution in [-0.4, -0.2) is 22.9 Å². The smallest absolute Gasteiger partial charge is 0.0758 e. The highest BCUT2D eigenvalue weighted by Crippen LogP contribution is 2.58. The predicted molar refractivity (Wildman–Crippen MR) is 46.6 cm³/mol. The van der Waals surface area contributed by atoms with Gasteiger partial charge in [0.15, 0.2) is 0 Å². The van der Waals surface area contributed by atoms with E-state index in [2.05, 4.69) is 13.8 Å². The quantitative estimate of drug-likeness (QED) is 0.572. The van der Waals surface area contributed by atoms with E-state index >= 15 is 0 Å². The van der Waals surface area contributed by atoms with Gasteiger partial charge in [0.05, 0.1) is 12.7 Å². The van der Waals surface area contributed by atoms with Gasteiger partial charge < -0.3 is 10.2 Å². The number of hydrogen-bond donors (Lipinski definition) is 2. The van der Waals surface area contributed by atoms with E-state index in [1.807, 2.05) is 6.08 Å². The van der Waals surface area contributed by atoms with Crippen molar-refractivity contribution in [3.63, 3.8) is 0 Å². The lowest BCUT2D eigenvalue weighted by atomic mass is 9.48. The van der Waals surface area contributed by atoms with Crippen LogP contribution in [0.25, 0.3) is 0 Å². The molecule has 0 heterocycles. The van der Waals surface area contributed by atoms with Gasteiger partial charge >= 0.3 is 0 Å². The maximum Gasteiger partial charge on any atom is 0.0758 e. The number of aliphatic hydroxyl groups excluding tert-OH is 2. The van der Waals surface area contributed by atoms with Crippen LogP contribution in [0.4, 0.5) is 0 Å². The molecule has 0 spiro atoms. The molecule has 2 heteroatoms. The second kappa shape index (κ2) is 2.33. The number of aliphatic hydroxyl groups is 2. The summed E-state index contributed by atoms with van der Waals surface area (Å²) in [6.45, 7) is 4.47. The zero-order chi connectivity index (χ0) is 8.93. The van der Waals surface area contributed by atoms with Gasteiger partial charge in [0.2, 0.25) is 0 Å². The summed E-state index contributed by atoms with van der Waals surface area (Å²) < 4.78 is 0. The molecule has 2 nitrogen and oxygen atoms in total. The minimum atomic E-state index is -0.327. The van der Waals surface area contributed by atoms with Gasteiger partial charge in [-0.15, -0.1) is 0 Å². The highest BCUT2D eigenvalue weighted by molar-refractivity contribution is 5.26. The van der Waals surface area contributed by atoms with E-state index in [0.717, 1.165) is 12.0 Å². The Morgan fingerprint density at radius 1 is 1.58 bits per heavy atom. The van der Waals surface area contributed by atoms with E-state index in [1.165, 1.54) is 0 Å². The standard InChI is InChI=1S/C10H16O2/c1-10(2)7-4-8(10)9(12)3-6(7)5-11/h3,7-9,11-12H,4-5H2,1-2H3/t7-,8+,9+/m0/s1. The Morgan fingerprint density at radius 3 is 2.67 bits per heavy atom. The maximum absolute atomic E-state index is 9.67. The van der Waals surface area contributed by atoms with Crippen LogP contribution >= 0.6 is 0 Å². The summed E-state index contributed by atoms with van der Waals surface area (Å²) >= 11 is 0. The van der Waals surface area contributed by atoms with Crippen molar-refractivity contribution in [2.24, 2.45) is 17.3 Å². The van der Waals surface area contributed by atoms with Gasteiger partial charge in [-0.1, -0.05) is 19.9 Å². The molecule has 0 aromatic carbocycles. The summed E-state index contributed by atoms with van der Waals surface area (Å²) in [7, 11) is 0. The van der Waals surface area contributed by atoms with Gasteiger partial charge in [-0.25, -0.2) is 0 Å². The molecule has 2 N–H and O–H groups in total. The zero-order valence-corrected chi connectivity index (χ0v) is 7.62. The lowest BCUT2D eigenvalue weighted by Gasteiger charge is -2.57. The third-order valence-corrected chi connectivity index (χ3v) is 3.77. The number of fused-ring (bicyclic) bond motifs is 1. The first-order valence-electron chi connectivity index (χ1n) is 4.57. The number of hydrogen-bond acceptors (Lipinski definition) is 2. The molecule has 1 fully saturated rings. The summed E-state index contributed by atoms with van der Waals surface area (Å²) in [5.41, 5.74) is 1.24. The molecule has 0 aromatic heterocycles. The maximum atomic E-state index is 9.67. The van der Waals surface area contributed by atoms with Gasteiger partial charge in [-0.2, -0.15) is 0 Å². The van der Waals surface area contributed by atoms with E-state index in [-0.39, 0.29) is 18.1 Å². The molecule has 3 aliphatic carbocycles. The molecular weight excluding hydrogens is 152 g/mol. The molecule has 0 amide bonds. The van der Waals surface area contributed by atoms with Crippen LogP contribution in [0.3, 0.4) is 0 Å². The van der Waals surface area contributed by atoms with Crippen molar-refractivity contribution in [1.82, 2.24) is 0 Å². The van der Waals surface area contributed by atoms with Crippen molar-refractivity contribution in [1.29, 1.82) is 0 Å². The fourth-order valence-electron chi connectivity index (χ4n) is 2.78. The van der Waals surface area contributed by atoms with Gasteiger partial charge in [-0.3, -0.25) is 0 Å². The summed E-state index contributed by atoms with van der Waals surface area (Å²) in [6, 6.07) is 0. The van der Waals surface area contributed by atoms with Crippen molar-refractivity contribution in [3.8, 4) is 0 Å². The fraction of sp³-hybridized carbons (Fsp3) is 0.800. The third-order valence-electron chi connectivity index (χ3n) is 3.77. The van der Waals surface area contributed by atoms with Gasteiger partial charge in [-0.05, 0) is 29.2 Å². The molecule has 0 aliphatic heterocycles. The first kappa shape index (κ1) is 8.27. The summed E-state index contributed by atoms with van der Waals surface area (Å²) in [5.74, 6) is 0.925. The molecule has 0 unspecified atom stereocenters. The van der Waals surface area contributed by atoms with Gasteiger partial charge in [0, 0.05) is 0 Å². The van der Waals surface area contributed by atoms with Gasteiger partial charge in [0.25, 0.3) is 0 Å². The van der Waals surface area contributed by atoms with Crippen LogP contribution in [-0.2, 0) is 0 Å². The Kier molecular flexibility index (Phi) is 1.61. The second-order valence-corrected chi connectivity index (χ2v) is 4.61. The zero-order valence-electron chi connectivity index (χ0n) is 7.62.